The molecule has 2 saturated carbocycles. The van der Waals surface area contributed by atoms with Crippen LogP contribution in [0.3, 0.4) is 0 Å². The molecule has 0 radical (unpaired) electrons. The van der Waals surface area contributed by atoms with E-state index in [0.29, 0.717) is 17.3 Å². The molecule has 1 heteroatoms. The molecule has 0 aromatic heterocycles. The Labute approximate surface area is 98.9 Å². The van der Waals surface area contributed by atoms with Crippen molar-refractivity contribution in [3.63, 3.8) is 0 Å². The van der Waals surface area contributed by atoms with Gasteiger partial charge >= 0.3 is 0 Å². The maximum absolute atomic E-state index is 10.6. The predicted molar refractivity (Wildman–Crippen MR) is 66.0 cm³/mol. The molecule has 0 aromatic rings. The van der Waals surface area contributed by atoms with Crippen LogP contribution in [0.5, 0.6) is 0 Å². The zero-order chi connectivity index (χ0) is 11.7. The van der Waals surface area contributed by atoms with Crippen LogP contribution in [0.25, 0.3) is 0 Å². The van der Waals surface area contributed by atoms with E-state index in [2.05, 4.69) is 33.8 Å². The van der Waals surface area contributed by atoms with Crippen LogP contribution in [0.4, 0.5) is 0 Å². The Bertz CT molecular complexity index is 350. The van der Waals surface area contributed by atoms with Crippen molar-refractivity contribution in [1.29, 1.82) is 0 Å². The lowest BCUT2D eigenvalue weighted by Crippen LogP contribution is -2.37. The monoisotopic (exact) mass is 220 g/mol. The van der Waals surface area contributed by atoms with Crippen LogP contribution in [0.2, 0.25) is 0 Å². The molecule has 0 bridgehead atoms. The van der Waals surface area contributed by atoms with E-state index in [1.165, 1.54) is 6.42 Å². The van der Waals surface area contributed by atoms with Gasteiger partial charge in [0.15, 0.2) is 0 Å². The zero-order valence-corrected chi connectivity index (χ0v) is 11.0. The van der Waals surface area contributed by atoms with E-state index < -0.39 is 5.60 Å². The molecule has 0 spiro atoms. The summed E-state index contributed by atoms with van der Waals surface area (Å²) < 4.78 is 0. The van der Waals surface area contributed by atoms with Crippen LogP contribution >= 0.6 is 0 Å². The smallest absolute Gasteiger partial charge is 0.0656 e. The van der Waals surface area contributed by atoms with E-state index >= 15 is 0 Å². The summed E-state index contributed by atoms with van der Waals surface area (Å²) in [5, 5.41) is 10.6. The topological polar surface area (TPSA) is 20.2 Å². The Hall–Kier alpha value is -0.300. The summed E-state index contributed by atoms with van der Waals surface area (Å²) in [6.45, 7) is 9.18. The number of aliphatic hydroxyl groups is 1. The largest absolute Gasteiger partial charge is 0.390 e. The molecule has 3 rings (SSSR count). The number of allylic oxidation sites excluding steroid dienone is 2. The van der Waals surface area contributed by atoms with E-state index in [0.717, 1.165) is 24.7 Å². The third-order valence-corrected chi connectivity index (χ3v) is 5.94. The van der Waals surface area contributed by atoms with Crippen molar-refractivity contribution in [3.05, 3.63) is 11.6 Å². The van der Waals surface area contributed by atoms with Gasteiger partial charge in [0.25, 0.3) is 0 Å². The van der Waals surface area contributed by atoms with Gasteiger partial charge in [0.05, 0.1) is 5.60 Å². The fourth-order valence-electron chi connectivity index (χ4n) is 4.77. The third kappa shape index (κ3) is 1.21. The maximum atomic E-state index is 10.6. The molecule has 16 heavy (non-hydrogen) atoms. The summed E-state index contributed by atoms with van der Waals surface area (Å²) >= 11 is 0. The SMILES string of the molecule is CC1=CC[C@H]2[C@H]1[C@@H]1[C@H](CC[C@@]2(C)O)C1(C)C. The van der Waals surface area contributed by atoms with Crippen LogP contribution in [0, 0.1) is 29.1 Å². The average Bonchev–Trinajstić information content (AvgIpc) is 2.51. The fourth-order valence-corrected chi connectivity index (χ4v) is 4.77. The van der Waals surface area contributed by atoms with E-state index in [1.54, 1.807) is 5.57 Å². The molecule has 0 aliphatic heterocycles. The number of hydrogen-bond acceptors (Lipinski definition) is 1. The van der Waals surface area contributed by atoms with Gasteiger partial charge in [-0.1, -0.05) is 25.5 Å². The second kappa shape index (κ2) is 2.93. The molecule has 1 N–H and O–H groups in total. The van der Waals surface area contributed by atoms with Crippen molar-refractivity contribution >= 4 is 0 Å². The molecule has 1 nitrogen and oxygen atoms in total. The number of hydrogen-bond donors (Lipinski definition) is 1. The number of rotatable bonds is 0. The average molecular weight is 220 g/mol. The van der Waals surface area contributed by atoms with Gasteiger partial charge in [-0.25, -0.2) is 0 Å². The molecular formula is C15H24O. The first-order valence-corrected chi connectivity index (χ1v) is 6.75. The highest BCUT2D eigenvalue weighted by Gasteiger charge is 2.65. The molecule has 5 atom stereocenters. The third-order valence-electron chi connectivity index (χ3n) is 5.94. The maximum Gasteiger partial charge on any atom is 0.0656 e. The van der Waals surface area contributed by atoms with E-state index in [9.17, 15) is 5.11 Å². The predicted octanol–water partition coefficient (Wildman–Crippen LogP) is 3.39. The summed E-state index contributed by atoms with van der Waals surface area (Å²) in [4.78, 5) is 0. The van der Waals surface area contributed by atoms with Crippen molar-refractivity contribution in [3.8, 4) is 0 Å². The Morgan fingerprint density at radius 1 is 1.25 bits per heavy atom. The van der Waals surface area contributed by atoms with Crippen molar-refractivity contribution in [1.82, 2.24) is 0 Å². The number of fused-ring (bicyclic) bond motifs is 3. The van der Waals surface area contributed by atoms with E-state index in [-0.39, 0.29) is 0 Å². The van der Waals surface area contributed by atoms with Crippen molar-refractivity contribution < 1.29 is 5.11 Å². The Balaban J connectivity index is 1.97. The highest BCUT2D eigenvalue weighted by atomic mass is 16.3. The molecule has 0 amide bonds. The summed E-state index contributed by atoms with van der Waals surface area (Å²) in [7, 11) is 0. The van der Waals surface area contributed by atoms with Gasteiger partial charge in [-0.2, -0.15) is 0 Å². The first-order chi connectivity index (χ1) is 7.36. The molecule has 0 heterocycles. The van der Waals surface area contributed by atoms with Crippen molar-refractivity contribution in [2.24, 2.45) is 29.1 Å². The van der Waals surface area contributed by atoms with Gasteiger partial charge < -0.3 is 5.11 Å². The van der Waals surface area contributed by atoms with E-state index in [4.69, 9.17) is 0 Å². The molecule has 0 aromatic carbocycles. The molecule has 0 saturated heterocycles. The lowest BCUT2D eigenvalue weighted by molar-refractivity contribution is -0.0236. The van der Waals surface area contributed by atoms with Crippen molar-refractivity contribution in [2.45, 2.75) is 52.6 Å². The highest BCUT2D eigenvalue weighted by Crippen LogP contribution is 2.70. The first-order valence-electron chi connectivity index (χ1n) is 6.75. The van der Waals surface area contributed by atoms with Gasteiger partial charge in [-0.05, 0) is 62.2 Å². The van der Waals surface area contributed by atoms with Gasteiger partial charge in [-0.3, -0.25) is 0 Å². The lowest BCUT2D eigenvalue weighted by Gasteiger charge is -2.35. The van der Waals surface area contributed by atoms with Crippen LogP contribution < -0.4 is 0 Å². The standard InChI is InChI=1S/C15H24O/c1-9-5-6-10-12(9)13-11(14(13,2)3)7-8-15(10,4)16/h5,10-13,16H,6-8H2,1-4H3/t10-,11-,12-,13-,15+/m0/s1. The highest BCUT2D eigenvalue weighted by molar-refractivity contribution is 5.25. The molecule has 3 aliphatic carbocycles. The minimum Gasteiger partial charge on any atom is -0.390 e. The minimum absolute atomic E-state index is 0.428. The first kappa shape index (κ1) is 10.8. The van der Waals surface area contributed by atoms with Gasteiger partial charge in [0.1, 0.15) is 0 Å². The van der Waals surface area contributed by atoms with Crippen LogP contribution in [-0.2, 0) is 0 Å². The minimum atomic E-state index is -0.428. The quantitative estimate of drug-likeness (QED) is 0.620. The zero-order valence-electron chi connectivity index (χ0n) is 11.0. The Morgan fingerprint density at radius 2 is 1.94 bits per heavy atom. The molecule has 3 aliphatic rings. The van der Waals surface area contributed by atoms with Gasteiger partial charge in [0.2, 0.25) is 0 Å². The molecular weight excluding hydrogens is 196 g/mol. The Morgan fingerprint density at radius 3 is 2.62 bits per heavy atom. The summed E-state index contributed by atoms with van der Waals surface area (Å²) in [5.41, 5.74) is 1.65. The van der Waals surface area contributed by atoms with E-state index in [1.807, 2.05) is 0 Å². The lowest BCUT2D eigenvalue weighted by atomic mass is 9.74. The second-order valence-corrected chi connectivity index (χ2v) is 7.17. The van der Waals surface area contributed by atoms with Gasteiger partial charge in [-0.15, -0.1) is 0 Å². The summed E-state index contributed by atoms with van der Waals surface area (Å²) in [5.74, 6) is 2.85. The molecule has 0 unspecified atom stereocenters. The van der Waals surface area contributed by atoms with Crippen LogP contribution in [0.1, 0.15) is 47.0 Å². The normalized spacial score (nSPS) is 53.7. The Kier molecular flexibility index (Phi) is 1.98. The van der Waals surface area contributed by atoms with Crippen molar-refractivity contribution in [2.75, 3.05) is 0 Å². The van der Waals surface area contributed by atoms with Crippen LogP contribution in [0.15, 0.2) is 11.6 Å². The molecule has 2 fully saturated rings. The van der Waals surface area contributed by atoms with Crippen LogP contribution in [-0.4, -0.2) is 10.7 Å². The second-order valence-electron chi connectivity index (χ2n) is 7.17. The summed E-state index contributed by atoms with van der Waals surface area (Å²) in [6.07, 6.45) is 5.70. The van der Waals surface area contributed by atoms with Gasteiger partial charge in [0, 0.05) is 0 Å². The summed E-state index contributed by atoms with van der Waals surface area (Å²) in [6, 6.07) is 0. The fraction of sp³-hybridized carbons (Fsp3) is 0.867. The molecule has 90 valence electrons.